The molecule has 6 nitrogen and oxygen atoms in total. The van der Waals surface area contributed by atoms with Crippen LogP contribution < -0.4 is 9.47 Å². The largest absolute Gasteiger partial charge is 0.496 e. The van der Waals surface area contributed by atoms with Crippen LogP contribution >= 0.6 is 0 Å². The summed E-state index contributed by atoms with van der Waals surface area (Å²) in [4.78, 5) is 24.5. The van der Waals surface area contributed by atoms with E-state index in [9.17, 15) is 9.59 Å². The second-order valence-corrected chi connectivity index (χ2v) is 6.26. The Morgan fingerprint density at radius 3 is 1.36 bits per heavy atom. The van der Waals surface area contributed by atoms with E-state index in [1.807, 2.05) is 48.5 Å². The number of hydrogen-bond donors (Lipinski definition) is 0. The van der Waals surface area contributed by atoms with E-state index in [1.54, 1.807) is 14.2 Å². The van der Waals surface area contributed by atoms with E-state index in [0.29, 0.717) is 11.5 Å². The van der Waals surface area contributed by atoms with Crippen LogP contribution in [0.25, 0.3) is 0 Å². The van der Waals surface area contributed by atoms with Crippen molar-refractivity contribution in [3.8, 4) is 11.5 Å². The van der Waals surface area contributed by atoms with Crippen LogP contribution in [0.3, 0.4) is 0 Å². The van der Waals surface area contributed by atoms with Crippen LogP contribution in [0.1, 0.15) is 35.8 Å². The molecule has 0 unspecified atom stereocenters. The van der Waals surface area contributed by atoms with Gasteiger partial charge in [0.15, 0.2) is 0 Å². The molecule has 6 heteroatoms. The third-order valence-corrected chi connectivity index (χ3v) is 4.79. The molecule has 0 aliphatic heterocycles. The topological polar surface area (TPSA) is 71.1 Å². The second-order valence-electron chi connectivity index (χ2n) is 6.26. The Morgan fingerprint density at radius 2 is 1.04 bits per heavy atom. The van der Waals surface area contributed by atoms with Crippen molar-refractivity contribution in [3.05, 3.63) is 59.7 Å². The van der Waals surface area contributed by atoms with Crippen molar-refractivity contribution in [2.24, 2.45) is 0 Å². The molecule has 0 radical (unpaired) electrons. The van der Waals surface area contributed by atoms with Gasteiger partial charge < -0.3 is 18.9 Å². The van der Waals surface area contributed by atoms with Crippen LogP contribution in [0.2, 0.25) is 0 Å². The summed E-state index contributed by atoms with van der Waals surface area (Å²) in [6.45, 7) is 0. The average molecular weight is 386 g/mol. The highest BCUT2D eigenvalue weighted by molar-refractivity contribution is 5.73. The van der Waals surface area contributed by atoms with E-state index < -0.39 is 0 Å². The van der Waals surface area contributed by atoms with E-state index in [2.05, 4.69) is 0 Å². The maximum Gasteiger partial charge on any atom is 0.306 e. The number of ether oxygens (including phenoxy) is 4. The van der Waals surface area contributed by atoms with E-state index in [0.717, 1.165) is 11.1 Å². The van der Waals surface area contributed by atoms with Gasteiger partial charge >= 0.3 is 11.9 Å². The maximum atomic E-state index is 12.2. The summed E-state index contributed by atoms with van der Waals surface area (Å²) in [5, 5.41) is 0. The van der Waals surface area contributed by atoms with Crippen LogP contribution in [0.5, 0.6) is 11.5 Å². The van der Waals surface area contributed by atoms with Crippen LogP contribution in [-0.4, -0.2) is 40.4 Å². The Bertz CT molecular complexity index is 734. The van der Waals surface area contributed by atoms with Gasteiger partial charge in [0, 0.05) is 11.8 Å². The molecule has 2 atom stereocenters. The molecular weight excluding hydrogens is 360 g/mol. The predicted molar refractivity (Wildman–Crippen MR) is 105 cm³/mol. The van der Waals surface area contributed by atoms with E-state index in [-0.39, 0.29) is 36.6 Å². The lowest BCUT2D eigenvalue weighted by Gasteiger charge is -2.29. The molecule has 0 saturated carbocycles. The molecule has 0 N–H and O–H groups in total. The van der Waals surface area contributed by atoms with Gasteiger partial charge in [-0.1, -0.05) is 36.4 Å². The van der Waals surface area contributed by atoms with Crippen molar-refractivity contribution < 1.29 is 28.5 Å². The summed E-state index contributed by atoms with van der Waals surface area (Å²) in [6.07, 6.45) is 0.160. The zero-order valence-electron chi connectivity index (χ0n) is 16.6. The Morgan fingerprint density at radius 1 is 0.679 bits per heavy atom. The lowest BCUT2D eigenvalue weighted by molar-refractivity contribution is -0.143. The van der Waals surface area contributed by atoms with Gasteiger partial charge in [-0.2, -0.15) is 0 Å². The lowest BCUT2D eigenvalue weighted by atomic mass is 9.77. The van der Waals surface area contributed by atoms with Gasteiger partial charge in [-0.05, 0) is 23.3 Å². The molecule has 0 aliphatic rings. The third kappa shape index (κ3) is 5.03. The number of benzene rings is 2. The smallest absolute Gasteiger partial charge is 0.306 e. The van der Waals surface area contributed by atoms with Crippen LogP contribution in [0.15, 0.2) is 48.5 Å². The minimum atomic E-state index is -0.376. The van der Waals surface area contributed by atoms with Crippen molar-refractivity contribution in [1.29, 1.82) is 0 Å². The summed E-state index contributed by atoms with van der Waals surface area (Å²) >= 11 is 0. The molecule has 2 rings (SSSR count). The summed E-state index contributed by atoms with van der Waals surface area (Å²) in [5.74, 6) is -0.221. The third-order valence-electron chi connectivity index (χ3n) is 4.79. The van der Waals surface area contributed by atoms with Crippen molar-refractivity contribution in [2.75, 3.05) is 28.4 Å². The predicted octanol–water partition coefficient (Wildman–Crippen LogP) is 3.70. The van der Waals surface area contributed by atoms with Crippen molar-refractivity contribution in [1.82, 2.24) is 0 Å². The van der Waals surface area contributed by atoms with Gasteiger partial charge in [0.25, 0.3) is 0 Å². The van der Waals surface area contributed by atoms with Crippen molar-refractivity contribution in [3.63, 3.8) is 0 Å². The van der Waals surface area contributed by atoms with Gasteiger partial charge in [0.05, 0.1) is 41.3 Å². The molecule has 28 heavy (non-hydrogen) atoms. The van der Waals surface area contributed by atoms with Crippen molar-refractivity contribution >= 4 is 11.9 Å². The maximum absolute atomic E-state index is 12.2. The number of esters is 2. The van der Waals surface area contributed by atoms with Crippen LogP contribution in [0.4, 0.5) is 0 Å². The lowest BCUT2D eigenvalue weighted by Crippen LogP contribution is -2.21. The normalized spacial score (nSPS) is 12.6. The molecule has 0 saturated heterocycles. The highest BCUT2D eigenvalue weighted by Crippen LogP contribution is 2.44. The number of para-hydroxylation sites is 2. The quantitative estimate of drug-likeness (QED) is 0.612. The Balaban J connectivity index is 2.63. The minimum Gasteiger partial charge on any atom is -0.496 e. The molecule has 0 spiro atoms. The average Bonchev–Trinajstić information content (AvgIpc) is 2.75. The van der Waals surface area contributed by atoms with Gasteiger partial charge in [-0.3, -0.25) is 9.59 Å². The number of carbonyl (C=O) groups is 2. The summed E-state index contributed by atoms with van der Waals surface area (Å²) in [6, 6.07) is 14.9. The number of rotatable bonds is 9. The first kappa shape index (κ1) is 21.3. The fourth-order valence-corrected chi connectivity index (χ4v) is 3.41. The number of hydrogen-bond acceptors (Lipinski definition) is 6. The number of carbonyl (C=O) groups excluding carboxylic acids is 2. The molecule has 0 aromatic heterocycles. The van der Waals surface area contributed by atoms with E-state index in [1.165, 1.54) is 14.2 Å². The molecule has 0 fully saturated rings. The Hall–Kier alpha value is -3.02. The fourth-order valence-electron chi connectivity index (χ4n) is 3.41. The summed E-state index contributed by atoms with van der Waals surface area (Å²) < 4.78 is 20.9. The standard InChI is InChI=1S/C22H26O6/c1-25-19-11-7-5-9-15(19)17(13-21(23)27-3)18(14-22(24)28-4)16-10-6-8-12-20(16)26-2/h5-12,17-18H,13-14H2,1-4H3/t17-,18-/m0/s1. The molecule has 150 valence electrons. The van der Waals surface area contributed by atoms with Gasteiger partial charge in [0.1, 0.15) is 11.5 Å². The highest BCUT2D eigenvalue weighted by Gasteiger charge is 2.33. The van der Waals surface area contributed by atoms with Crippen LogP contribution in [-0.2, 0) is 19.1 Å². The first-order chi connectivity index (χ1) is 13.5. The van der Waals surface area contributed by atoms with Crippen molar-refractivity contribution in [2.45, 2.75) is 24.7 Å². The summed E-state index contributed by atoms with van der Waals surface area (Å²) in [5.41, 5.74) is 1.63. The molecule has 2 aromatic rings. The first-order valence-electron chi connectivity index (χ1n) is 8.95. The highest BCUT2D eigenvalue weighted by atomic mass is 16.5. The van der Waals surface area contributed by atoms with E-state index >= 15 is 0 Å². The second kappa shape index (κ2) is 10.3. The SMILES string of the molecule is COC(=O)C[C@@H](c1ccccc1OC)[C@@H](CC(=O)OC)c1ccccc1OC. The molecule has 2 aromatic carbocycles. The minimum absolute atomic E-state index is 0.0799. The number of methoxy groups -OCH3 is 4. The Labute approximate surface area is 165 Å². The molecule has 0 aliphatic carbocycles. The Kier molecular flexibility index (Phi) is 7.87. The molecule has 0 amide bonds. The first-order valence-corrected chi connectivity index (χ1v) is 8.95. The molecular formula is C22H26O6. The monoisotopic (exact) mass is 386 g/mol. The zero-order chi connectivity index (χ0) is 20.5. The van der Waals surface area contributed by atoms with Crippen LogP contribution in [0, 0.1) is 0 Å². The molecule has 0 bridgehead atoms. The zero-order valence-corrected chi connectivity index (χ0v) is 16.6. The van der Waals surface area contributed by atoms with E-state index in [4.69, 9.17) is 18.9 Å². The van der Waals surface area contributed by atoms with Gasteiger partial charge in [-0.15, -0.1) is 0 Å². The summed E-state index contributed by atoms with van der Waals surface area (Å²) in [7, 11) is 5.85. The van der Waals surface area contributed by atoms with Gasteiger partial charge in [0.2, 0.25) is 0 Å². The van der Waals surface area contributed by atoms with Gasteiger partial charge in [-0.25, -0.2) is 0 Å². The molecule has 0 heterocycles. The fraction of sp³-hybridized carbons (Fsp3) is 0.364.